The number of aryl methyl sites for hydroxylation is 1. The van der Waals surface area contributed by atoms with E-state index in [0.29, 0.717) is 11.1 Å². The van der Waals surface area contributed by atoms with Gasteiger partial charge in [-0.15, -0.1) is 0 Å². The number of aliphatic carboxylic acids is 1. The maximum absolute atomic E-state index is 12.8. The molecule has 1 aromatic carbocycles. The highest BCUT2D eigenvalue weighted by atomic mass is 19.2. The summed E-state index contributed by atoms with van der Waals surface area (Å²) in [6.45, 7) is 2.99. The Labute approximate surface area is 80.2 Å². The molecule has 0 heterocycles. The van der Waals surface area contributed by atoms with Crippen LogP contribution < -0.4 is 0 Å². The van der Waals surface area contributed by atoms with E-state index in [2.05, 4.69) is 0 Å². The van der Waals surface area contributed by atoms with Gasteiger partial charge < -0.3 is 5.11 Å². The lowest BCUT2D eigenvalue weighted by Crippen LogP contribution is -2.09. The summed E-state index contributed by atoms with van der Waals surface area (Å²) in [6.07, 6.45) is 0. The summed E-state index contributed by atoms with van der Waals surface area (Å²) in [4.78, 5) is 10.6. The standard InChI is InChI=1S/C10H10F2O2/c1-5-3-8(11)9(12)4-7(5)6(2)10(13)14/h3-4,6H,1-2H3,(H,13,14). The monoisotopic (exact) mass is 200 g/mol. The fourth-order valence-electron chi connectivity index (χ4n) is 1.26. The Kier molecular flexibility index (Phi) is 2.84. The van der Waals surface area contributed by atoms with Gasteiger partial charge >= 0.3 is 5.97 Å². The first kappa shape index (κ1) is 10.6. The Hall–Kier alpha value is -1.45. The van der Waals surface area contributed by atoms with Gasteiger partial charge in [0.2, 0.25) is 0 Å². The van der Waals surface area contributed by atoms with Gasteiger partial charge in [0.05, 0.1) is 5.92 Å². The fraction of sp³-hybridized carbons (Fsp3) is 0.300. The van der Waals surface area contributed by atoms with E-state index in [1.54, 1.807) is 6.92 Å². The van der Waals surface area contributed by atoms with Gasteiger partial charge in [-0.1, -0.05) is 0 Å². The Balaban J connectivity index is 3.22. The number of halogens is 2. The van der Waals surface area contributed by atoms with E-state index in [0.717, 1.165) is 12.1 Å². The summed E-state index contributed by atoms with van der Waals surface area (Å²) in [7, 11) is 0. The van der Waals surface area contributed by atoms with E-state index in [1.165, 1.54) is 6.92 Å². The van der Waals surface area contributed by atoms with Crippen molar-refractivity contribution in [1.29, 1.82) is 0 Å². The predicted octanol–water partition coefficient (Wildman–Crippen LogP) is 2.46. The zero-order valence-corrected chi connectivity index (χ0v) is 7.84. The van der Waals surface area contributed by atoms with Crippen LogP contribution in [0, 0.1) is 18.6 Å². The average Bonchev–Trinajstić information content (AvgIpc) is 2.10. The SMILES string of the molecule is Cc1cc(F)c(F)cc1C(C)C(=O)O. The predicted molar refractivity (Wildman–Crippen MR) is 47.1 cm³/mol. The molecule has 1 atom stereocenters. The first-order valence-corrected chi connectivity index (χ1v) is 4.12. The molecule has 1 unspecified atom stereocenters. The van der Waals surface area contributed by atoms with Gasteiger partial charge in [0.1, 0.15) is 0 Å². The highest BCUT2D eigenvalue weighted by Gasteiger charge is 2.18. The van der Waals surface area contributed by atoms with Crippen LogP contribution in [0.25, 0.3) is 0 Å². The molecule has 76 valence electrons. The van der Waals surface area contributed by atoms with E-state index in [1.807, 2.05) is 0 Å². The number of hydrogen-bond donors (Lipinski definition) is 1. The molecule has 0 saturated heterocycles. The molecule has 1 aromatic rings. The minimum atomic E-state index is -1.06. The molecule has 0 aromatic heterocycles. The average molecular weight is 200 g/mol. The summed E-state index contributed by atoms with van der Waals surface area (Å²) in [5.74, 6) is -3.85. The number of rotatable bonds is 2. The number of carboxylic acids is 1. The van der Waals surface area contributed by atoms with Crippen molar-refractivity contribution in [1.82, 2.24) is 0 Å². The van der Waals surface area contributed by atoms with Crippen molar-refractivity contribution < 1.29 is 18.7 Å². The van der Waals surface area contributed by atoms with Crippen LogP contribution in [0.3, 0.4) is 0 Å². The molecule has 2 nitrogen and oxygen atoms in total. The molecule has 0 spiro atoms. The van der Waals surface area contributed by atoms with Gasteiger partial charge in [0.15, 0.2) is 11.6 Å². The lowest BCUT2D eigenvalue weighted by atomic mass is 9.96. The van der Waals surface area contributed by atoms with Gasteiger partial charge in [0, 0.05) is 0 Å². The summed E-state index contributed by atoms with van der Waals surface area (Å²) >= 11 is 0. The lowest BCUT2D eigenvalue weighted by molar-refractivity contribution is -0.138. The summed E-state index contributed by atoms with van der Waals surface area (Å²) in [5.41, 5.74) is 0.746. The minimum Gasteiger partial charge on any atom is -0.481 e. The van der Waals surface area contributed by atoms with Crippen LogP contribution in [0.1, 0.15) is 24.0 Å². The van der Waals surface area contributed by atoms with Crippen LogP contribution >= 0.6 is 0 Å². The highest BCUT2D eigenvalue weighted by Crippen LogP contribution is 2.22. The molecule has 14 heavy (non-hydrogen) atoms. The molecule has 0 aliphatic carbocycles. The third kappa shape index (κ3) is 1.89. The molecule has 0 bridgehead atoms. The van der Waals surface area contributed by atoms with Crippen molar-refractivity contribution >= 4 is 5.97 Å². The molecule has 0 saturated carbocycles. The normalized spacial score (nSPS) is 12.6. The molecule has 4 heteroatoms. The Morgan fingerprint density at radius 2 is 1.86 bits per heavy atom. The van der Waals surface area contributed by atoms with E-state index < -0.39 is 23.5 Å². The molecule has 1 N–H and O–H groups in total. The van der Waals surface area contributed by atoms with Crippen molar-refractivity contribution in [2.24, 2.45) is 0 Å². The van der Waals surface area contributed by atoms with Crippen LogP contribution in [0.2, 0.25) is 0 Å². The number of hydrogen-bond acceptors (Lipinski definition) is 1. The van der Waals surface area contributed by atoms with E-state index in [4.69, 9.17) is 5.11 Å². The van der Waals surface area contributed by atoms with Gasteiger partial charge in [-0.2, -0.15) is 0 Å². The molecule has 0 aliphatic heterocycles. The minimum absolute atomic E-state index is 0.302. The van der Waals surface area contributed by atoms with E-state index >= 15 is 0 Å². The van der Waals surface area contributed by atoms with Crippen molar-refractivity contribution in [2.45, 2.75) is 19.8 Å². The van der Waals surface area contributed by atoms with Crippen LogP contribution in [-0.4, -0.2) is 11.1 Å². The van der Waals surface area contributed by atoms with Crippen LogP contribution in [0.4, 0.5) is 8.78 Å². The first-order chi connectivity index (χ1) is 6.43. The zero-order valence-electron chi connectivity index (χ0n) is 7.84. The molecule has 1 rings (SSSR count). The summed E-state index contributed by atoms with van der Waals surface area (Å²) in [6, 6.07) is 1.94. The third-order valence-corrected chi connectivity index (χ3v) is 2.15. The van der Waals surface area contributed by atoms with Crippen molar-refractivity contribution in [3.63, 3.8) is 0 Å². The van der Waals surface area contributed by atoms with Gasteiger partial charge in [-0.3, -0.25) is 4.79 Å². The number of benzene rings is 1. The largest absolute Gasteiger partial charge is 0.481 e. The second-order valence-electron chi connectivity index (χ2n) is 3.18. The second-order valence-corrected chi connectivity index (χ2v) is 3.18. The van der Waals surface area contributed by atoms with Crippen molar-refractivity contribution in [2.75, 3.05) is 0 Å². The maximum atomic E-state index is 12.8. The molecule has 0 amide bonds. The van der Waals surface area contributed by atoms with Gasteiger partial charge in [0.25, 0.3) is 0 Å². The summed E-state index contributed by atoms with van der Waals surface area (Å²) in [5, 5.41) is 8.70. The molecule has 0 aliphatic rings. The molecule has 0 radical (unpaired) electrons. The topological polar surface area (TPSA) is 37.3 Å². The Morgan fingerprint density at radius 1 is 1.36 bits per heavy atom. The Morgan fingerprint density at radius 3 is 2.36 bits per heavy atom. The third-order valence-electron chi connectivity index (χ3n) is 2.15. The number of carboxylic acid groups (broad SMARTS) is 1. The Bertz CT molecular complexity index is 375. The maximum Gasteiger partial charge on any atom is 0.310 e. The van der Waals surface area contributed by atoms with E-state index in [-0.39, 0.29) is 0 Å². The van der Waals surface area contributed by atoms with E-state index in [9.17, 15) is 13.6 Å². The quantitative estimate of drug-likeness (QED) is 0.796. The van der Waals surface area contributed by atoms with Crippen molar-refractivity contribution in [3.8, 4) is 0 Å². The van der Waals surface area contributed by atoms with Gasteiger partial charge in [-0.05, 0) is 37.1 Å². The smallest absolute Gasteiger partial charge is 0.310 e. The second kappa shape index (κ2) is 3.74. The molecular weight excluding hydrogens is 190 g/mol. The molecule has 0 fully saturated rings. The lowest BCUT2D eigenvalue weighted by Gasteiger charge is -2.10. The zero-order chi connectivity index (χ0) is 10.9. The summed E-state index contributed by atoms with van der Waals surface area (Å²) < 4.78 is 25.5. The van der Waals surface area contributed by atoms with Crippen molar-refractivity contribution in [3.05, 3.63) is 34.9 Å². The first-order valence-electron chi connectivity index (χ1n) is 4.12. The van der Waals surface area contributed by atoms with Crippen LogP contribution in [-0.2, 0) is 4.79 Å². The van der Waals surface area contributed by atoms with Crippen LogP contribution in [0.15, 0.2) is 12.1 Å². The van der Waals surface area contributed by atoms with Crippen LogP contribution in [0.5, 0.6) is 0 Å². The number of carbonyl (C=O) groups is 1. The fourth-order valence-corrected chi connectivity index (χ4v) is 1.26. The highest BCUT2D eigenvalue weighted by molar-refractivity contribution is 5.76. The molecular formula is C10H10F2O2. The van der Waals surface area contributed by atoms with Gasteiger partial charge in [-0.25, -0.2) is 8.78 Å².